The maximum absolute atomic E-state index is 5.05. The molecule has 2 aliphatic rings. The molecule has 1 aliphatic carbocycles. The highest BCUT2D eigenvalue weighted by Crippen LogP contribution is 2.42. The molecule has 2 heterocycles. The first-order chi connectivity index (χ1) is 24.8. The lowest BCUT2D eigenvalue weighted by Gasteiger charge is -2.40. The minimum absolute atomic E-state index is 0.196. The van der Waals surface area contributed by atoms with E-state index in [-0.39, 0.29) is 12.9 Å². The molecule has 0 fully saturated rings. The van der Waals surface area contributed by atoms with Crippen LogP contribution < -0.4 is 15.5 Å². The van der Waals surface area contributed by atoms with Crippen molar-refractivity contribution in [1.29, 1.82) is 0 Å². The van der Waals surface area contributed by atoms with E-state index in [9.17, 15) is 0 Å². The first-order valence-electron chi connectivity index (χ1n) is 17.0. The fraction of sp³-hybridized carbons (Fsp3) is 0.0227. The van der Waals surface area contributed by atoms with Gasteiger partial charge in [0.15, 0.2) is 17.5 Å². The number of rotatable bonds is 7. The van der Waals surface area contributed by atoms with Crippen LogP contribution in [0.15, 0.2) is 182 Å². The lowest BCUT2D eigenvalue weighted by Crippen LogP contribution is -2.56. The Balaban J connectivity index is 1.23. The molecule has 9 rings (SSSR count). The molecule has 0 unspecified atom stereocenters. The molecule has 5 nitrogen and oxygen atoms in total. The minimum Gasteiger partial charge on any atom is -0.405 e. The predicted molar refractivity (Wildman–Crippen MR) is 207 cm³/mol. The van der Waals surface area contributed by atoms with Gasteiger partial charge in [0.25, 0.3) is 0 Å². The van der Waals surface area contributed by atoms with Crippen molar-refractivity contribution in [3.8, 4) is 45.3 Å². The summed E-state index contributed by atoms with van der Waals surface area (Å²) in [7, 11) is 0. The number of hydrogen-bond donors (Lipinski definition) is 1. The zero-order valence-electron chi connectivity index (χ0n) is 27.3. The second-order valence-corrected chi connectivity index (χ2v) is 12.5. The highest BCUT2D eigenvalue weighted by atomic mass is 15.2. The van der Waals surface area contributed by atoms with E-state index in [1.165, 1.54) is 22.2 Å². The first-order valence-corrected chi connectivity index (χ1v) is 17.0. The Morgan fingerprint density at radius 3 is 1.72 bits per heavy atom. The van der Waals surface area contributed by atoms with Gasteiger partial charge in [-0.15, -0.1) is 0 Å². The quantitative estimate of drug-likeness (QED) is 0.176. The van der Waals surface area contributed by atoms with Crippen molar-refractivity contribution in [1.82, 2.24) is 15.0 Å². The second kappa shape index (κ2) is 12.8. The Labute approximate surface area is 292 Å². The summed E-state index contributed by atoms with van der Waals surface area (Å²) in [5.41, 5.74) is 11.0. The van der Waals surface area contributed by atoms with Gasteiger partial charge in [0, 0.05) is 45.2 Å². The number of fused-ring (bicyclic) bond motifs is 3. The molecule has 0 spiro atoms. The third-order valence-corrected chi connectivity index (χ3v) is 9.39. The normalized spacial score (nSPS) is 13.3. The number of anilines is 3. The Morgan fingerprint density at radius 1 is 0.500 bits per heavy atom. The summed E-state index contributed by atoms with van der Waals surface area (Å²) in [6.07, 6.45) is 8.83. The summed E-state index contributed by atoms with van der Waals surface area (Å²) in [6.45, 7) is -0.200. The van der Waals surface area contributed by atoms with E-state index in [1.54, 1.807) is 0 Å². The maximum atomic E-state index is 5.05. The number of nitrogens with one attached hydrogen (secondary N) is 1. The number of hydrogen-bond acceptors (Lipinski definition) is 5. The van der Waals surface area contributed by atoms with Crippen LogP contribution in [0.1, 0.15) is 11.5 Å². The van der Waals surface area contributed by atoms with E-state index >= 15 is 0 Å². The molecule has 0 atom stereocenters. The van der Waals surface area contributed by atoms with Crippen LogP contribution in [-0.4, -0.2) is 21.9 Å². The third-order valence-electron chi connectivity index (χ3n) is 9.39. The van der Waals surface area contributed by atoms with Gasteiger partial charge in [-0.3, -0.25) is 0 Å². The molecule has 6 heteroatoms. The second-order valence-electron chi connectivity index (χ2n) is 12.5. The van der Waals surface area contributed by atoms with Crippen LogP contribution in [0.4, 0.5) is 17.1 Å². The summed E-state index contributed by atoms with van der Waals surface area (Å²) in [4.78, 5) is 17.4. The van der Waals surface area contributed by atoms with Crippen LogP contribution in [0.25, 0.3) is 45.3 Å². The van der Waals surface area contributed by atoms with E-state index in [4.69, 9.17) is 15.0 Å². The fourth-order valence-electron chi connectivity index (χ4n) is 7.08. The highest BCUT2D eigenvalue weighted by Gasteiger charge is 2.39. The Bertz CT molecular complexity index is 2300. The standard InChI is InChI=1S/C44H32BN5/c1-4-18-32(19-5-1)42-46-43(33-20-6-2-7-21-33)48-44(47-42)34-22-14-25-36(30-34)50-40-29-13-12-26-38(40)39-28-15-27-37(31-16-10-11-17-31)41(39)45(50)49-35-23-8-3-9-24-35/h1-31,49H. The molecule has 7 aromatic rings. The van der Waals surface area contributed by atoms with Gasteiger partial charge in [0.05, 0.1) is 0 Å². The van der Waals surface area contributed by atoms with Crippen molar-refractivity contribution >= 4 is 29.5 Å². The van der Waals surface area contributed by atoms with E-state index in [0.29, 0.717) is 17.5 Å². The van der Waals surface area contributed by atoms with Crippen molar-refractivity contribution in [3.05, 3.63) is 188 Å². The van der Waals surface area contributed by atoms with Crippen LogP contribution in [0, 0.1) is 0 Å². The van der Waals surface area contributed by atoms with Gasteiger partial charge in [-0.05, 0) is 46.9 Å². The van der Waals surface area contributed by atoms with Crippen LogP contribution in [0.2, 0.25) is 0 Å². The SMILES string of the molecule is C1=CC(c2cccc3c2B(Nc2ccccc2)N(c2cccc(-c4nc(-c5ccccc5)nc(-c5ccccc5)n4)c2)c2ccccc2-3)C=C1. The van der Waals surface area contributed by atoms with Crippen LogP contribution in [0.3, 0.4) is 0 Å². The van der Waals surface area contributed by atoms with Gasteiger partial charge in [0.1, 0.15) is 0 Å². The van der Waals surface area contributed by atoms with Gasteiger partial charge >= 0.3 is 6.98 Å². The van der Waals surface area contributed by atoms with E-state index < -0.39 is 0 Å². The van der Waals surface area contributed by atoms with Gasteiger partial charge in [0.2, 0.25) is 0 Å². The molecule has 0 bridgehead atoms. The lowest BCUT2D eigenvalue weighted by molar-refractivity contribution is 1.07. The summed E-state index contributed by atoms with van der Waals surface area (Å²) >= 11 is 0. The Morgan fingerprint density at radius 2 is 1.04 bits per heavy atom. The van der Waals surface area contributed by atoms with E-state index in [1.807, 2.05) is 60.7 Å². The summed E-state index contributed by atoms with van der Waals surface area (Å²) in [5, 5.41) is 3.95. The molecule has 6 aromatic carbocycles. The summed E-state index contributed by atoms with van der Waals surface area (Å²) in [5.74, 6) is 2.10. The molecule has 0 saturated carbocycles. The molecule has 0 radical (unpaired) electrons. The van der Waals surface area contributed by atoms with Crippen molar-refractivity contribution < 1.29 is 0 Å². The zero-order chi connectivity index (χ0) is 33.3. The zero-order valence-corrected chi connectivity index (χ0v) is 27.3. The number of aromatic nitrogens is 3. The van der Waals surface area contributed by atoms with Gasteiger partial charge in [-0.25, -0.2) is 15.0 Å². The van der Waals surface area contributed by atoms with Crippen molar-refractivity contribution in [3.63, 3.8) is 0 Å². The number of nitrogens with zero attached hydrogens (tertiary/aromatic N) is 4. The molecule has 1 aromatic heterocycles. The molecule has 0 saturated heterocycles. The van der Waals surface area contributed by atoms with Gasteiger partial charge < -0.3 is 10.0 Å². The van der Waals surface area contributed by atoms with Crippen LogP contribution in [-0.2, 0) is 0 Å². The summed E-state index contributed by atoms with van der Waals surface area (Å²) < 4.78 is 0. The topological polar surface area (TPSA) is 53.9 Å². The average molecular weight is 642 g/mol. The average Bonchev–Trinajstić information content (AvgIpc) is 3.74. The van der Waals surface area contributed by atoms with Gasteiger partial charge in [-0.2, -0.15) is 0 Å². The van der Waals surface area contributed by atoms with Crippen LogP contribution >= 0.6 is 0 Å². The van der Waals surface area contributed by atoms with Crippen molar-refractivity contribution in [2.75, 3.05) is 10.0 Å². The predicted octanol–water partition coefficient (Wildman–Crippen LogP) is 9.71. The van der Waals surface area contributed by atoms with Crippen molar-refractivity contribution in [2.24, 2.45) is 0 Å². The largest absolute Gasteiger partial charge is 0.414 e. The number of allylic oxidation sites excluding steroid dienone is 4. The third kappa shape index (κ3) is 5.47. The molecule has 1 aliphatic heterocycles. The van der Waals surface area contributed by atoms with Crippen molar-refractivity contribution in [2.45, 2.75) is 5.92 Å². The van der Waals surface area contributed by atoms with E-state index in [2.05, 4.69) is 131 Å². The smallest absolute Gasteiger partial charge is 0.405 e. The first kappa shape index (κ1) is 29.6. The number of para-hydroxylation sites is 2. The Kier molecular flexibility index (Phi) is 7.59. The highest BCUT2D eigenvalue weighted by molar-refractivity contribution is 6.83. The minimum atomic E-state index is -0.200. The molecular formula is C44H32BN5. The lowest BCUT2D eigenvalue weighted by atomic mass is 9.57. The van der Waals surface area contributed by atoms with Gasteiger partial charge in [-0.1, -0.05) is 152 Å². The summed E-state index contributed by atoms with van der Waals surface area (Å²) in [6, 6.07) is 54.7. The molecular weight excluding hydrogens is 609 g/mol. The maximum Gasteiger partial charge on any atom is 0.414 e. The number of benzene rings is 6. The molecule has 1 N–H and O–H groups in total. The fourth-order valence-corrected chi connectivity index (χ4v) is 7.08. The van der Waals surface area contributed by atoms with Crippen LogP contribution in [0.5, 0.6) is 0 Å². The molecule has 0 amide bonds. The molecule has 50 heavy (non-hydrogen) atoms. The Hall–Kier alpha value is -6.53. The van der Waals surface area contributed by atoms with E-state index in [0.717, 1.165) is 33.8 Å². The molecule has 236 valence electrons. The monoisotopic (exact) mass is 641 g/mol.